The molecule has 208 valence electrons. The summed E-state index contributed by atoms with van der Waals surface area (Å²) >= 11 is 7.70. The molecule has 0 spiro atoms. The fraction of sp³-hybridized carbons (Fsp3) is 0.706. The number of aliphatic hydroxyl groups is 1. The lowest BCUT2D eigenvalue weighted by atomic mass is 10.1. The number of ether oxygens (including phenoxy) is 3. The molecule has 20 heteroatoms. The molecule has 0 aliphatic carbocycles. The Bertz CT molecular complexity index is 1250. The van der Waals surface area contributed by atoms with Crippen molar-refractivity contribution in [2.45, 2.75) is 55.9 Å². The number of nitrogen functional groups attached to an aromatic ring is 1. The number of halogens is 1. The lowest BCUT2D eigenvalue weighted by Crippen LogP contribution is -2.37. The van der Waals surface area contributed by atoms with Gasteiger partial charge in [0.05, 0.1) is 25.6 Å². The molecule has 0 amide bonds. The first-order chi connectivity index (χ1) is 17.5. The van der Waals surface area contributed by atoms with E-state index >= 15 is 4.39 Å². The molecular weight excluding hydrogens is 579 g/mol. The van der Waals surface area contributed by atoms with Crippen molar-refractivity contribution in [3.05, 3.63) is 16.7 Å². The number of aromatic nitrogens is 4. The first kappa shape index (κ1) is 29.0. The number of methoxy groups -OCH3 is 1. The molecule has 2 aliphatic heterocycles. The molecule has 2 aliphatic rings. The van der Waals surface area contributed by atoms with Gasteiger partial charge >= 0.3 is 6.80 Å². The zero-order valence-electron chi connectivity index (χ0n) is 19.4. The van der Waals surface area contributed by atoms with Crippen LogP contribution in [0.3, 0.4) is 0 Å². The second-order valence-electron chi connectivity index (χ2n) is 8.23. The van der Waals surface area contributed by atoms with Crippen molar-refractivity contribution in [2.75, 3.05) is 26.1 Å². The van der Waals surface area contributed by atoms with Crippen molar-refractivity contribution in [3.8, 4) is 0 Å². The van der Waals surface area contributed by atoms with Gasteiger partial charge in [-0.3, -0.25) is 28.0 Å². The van der Waals surface area contributed by atoms with E-state index in [-0.39, 0.29) is 17.1 Å². The van der Waals surface area contributed by atoms with Gasteiger partial charge in [-0.15, -0.1) is 0 Å². The van der Waals surface area contributed by atoms with Gasteiger partial charge in [-0.25, -0.2) is 13.9 Å². The molecule has 2 aromatic heterocycles. The standard InChI is InChI=1S/C17H26FN5O10P2S2/c1-6-11(28-2)13(7(3-24)30-6)33-35(27,37)29-4-8-12(32-34(26)36)9(18)16(31-8)23-5-20-10-14(23)21-17(19)22-15(10)25/h5-9,11-13,16,24,34H,3-4H2,1-2H3,(H,26,36)(H,27,37)(H3,19,21,22,25)/t6-,7+,8+,9?,11?,12-,13-,16+,35?/m0/s1. The summed E-state index contributed by atoms with van der Waals surface area (Å²) in [6.45, 7) is -3.47. The van der Waals surface area contributed by atoms with Crippen LogP contribution in [0.25, 0.3) is 11.2 Å². The maximum absolute atomic E-state index is 15.5. The number of nitrogens with zero attached hydrogens (tertiary/aromatic N) is 3. The van der Waals surface area contributed by atoms with Crippen molar-refractivity contribution < 1.29 is 46.4 Å². The molecule has 2 saturated heterocycles. The Labute approximate surface area is 220 Å². The number of fused-ring (bicyclic) bond motifs is 1. The highest BCUT2D eigenvalue weighted by molar-refractivity contribution is 8.44. The summed E-state index contributed by atoms with van der Waals surface area (Å²) in [5, 5.41) is 9.57. The number of rotatable bonds is 10. The predicted octanol–water partition coefficient (Wildman–Crippen LogP) is 0.876. The van der Waals surface area contributed by atoms with Crippen molar-refractivity contribution in [1.29, 1.82) is 0 Å². The Balaban J connectivity index is 1.52. The Hall–Kier alpha value is -1.04. The summed E-state index contributed by atoms with van der Waals surface area (Å²) in [5.41, 5.74) is 4.78. The van der Waals surface area contributed by atoms with Crippen LogP contribution in [-0.4, -0.2) is 87.7 Å². The normalized spacial score (nSPS) is 34.6. The summed E-state index contributed by atoms with van der Waals surface area (Å²) in [5.74, 6) is -0.227. The molecule has 0 radical (unpaired) electrons. The van der Waals surface area contributed by atoms with E-state index in [9.17, 15) is 19.0 Å². The van der Waals surface area contributed by atoms with E-state index in [4.69, 9.17) is 33.5 Å². The number of H-pyrrole nitrogens is 1. The SMILES string of the molecule is COC1[C@H](C)O[C@H](CO)[C@@H]1OP(=O)(S)OC[C@H]1O[C@@H](n2cnc3c(=O)[nH]c(N)nc32)C(F)[C@H]1O[PH](=O)S. The van der Waals surface area contributed by atoms with Crippen LogP contribution in [0.4, 0.5) is 10.3 Å². The van der Waals surface area contributed by atoms with Gasteiger partial charge in [0, 0.05) is 7.11 Å². The second kappa shape index (κ2) is 11.6. The minimum Gasteiger partial charge on any atom is -0.394 e. The lowest BCUT2D eigenvalue weighted by molar-refractivity contribution is -0.0446. The highest BCUT2D eigenvalue weighted by Gasteiger charge is 2.50. The number of anilines is 1. The fourth-order valence-electron chi connectivity index (χ4n) is 4.30. The van der Waals surface area contributed by atoms with Gasteiger partial charge in [0.1, 0.15) is 30.5 Å². The van der Waals surface area contributed by atoms with Crippen LogP contribution in [0.5, 0.6) is 0 Å². The average molecular weight is 606 g/mol. The lowest BCUT2D eigenvalue weighted by Gasteiger charge is -2.26. The average Bonchev–Trinajstić information content (AvgIpc) is 3.46. The number of thiol groups is 2. The number of nitrogens with two attached hydrogens (primary N) is 1. The van der Waals surface area contributed by atoms with Crippen LogP contribution >= 0.6 is 38.5 Å². The number of nitrogens with one attached hydrogen (secondary N) is 1. The summed E-state index contributed by atoms with van der Waals surface area (Å²) in [6.07, 6.45) is -8.02. The Kier molecular flexibility index (Phi) is 9.08. The van der Waals surface area contributed by atoms with Gasteiger partial charge in [0.15, 0.2) is 23.6 Å². The third kappa shape index (κ3) is 6.09. The van der Waals surface area contributed by atoms with Crippen molar-refractivity contribution in [3.63, 3.8) is 0 Å². The van der Waals surface area contributed by atoms with Crippen LogP contribution in [0, 0.1) is 0 Å². The minimum atomic E-state index is -4.15. The van der Waals surface area contributed by atoms with Crippen molar-refractivity contribution in [1.82, 2.24) is 19.5 Å². The molecule has 4 heterocycles. The van der Waals surface area contributed by atoms with Crippen LogP contribution < -0.4 is 11.3 Å². The zero-order valence-corrected chi connectivity index (χ0v) is 23.1. The van der Waals surface area contributed by atoms with E-state index in [2.05, 4.69) is 39.4 Å². The number of aliphatic hydroxyl groups excluding tert-OH is 1. The van der Waals surface area contributed by atoms with Gasteiger partial charge < -0.3 is 29.6 Å². The molecule has 10 atom stereocenters. The molecule has 15 nitrogen and oxygen atoms in total. The fourth-order valence-corrected chi connectivity index (χ4v) is 6.67. The monoisotopic (exact) mass is 605 g/mol. The van der Waals surface area contributed by atoms with E-state index in [0.717, 1.165) is 10.9 Å². The summed E-state index contributed by atoms with van der Waals surface area (Å²) in [4.78, 5) is 22.3. The molecule has 4 unspecified atom stereocenters. The van der Waals surface area contributed by atoms with Gasteiger partial charge in [-0.05, 0) is 6.92 Å². The molecular formula is C17H26FN5O10P2S2. The maximum Gasteiger partial charge on any atom is 0.386 e. The molecule has 2 fully saturated rings. The molecule has 0 bridgehead atoms. The molecule has 2 aromatic rings. The van der Waals surface area contributed by atoms with Crippen molar-refractivity contribution >= 4 is 55.6 Å². The topological polar surface area (TPSA) is 199 Å². The first-order valence-corrected chi connectivity index (χ1v) is 16.1. The number of hydrogen-bond donors (Lipinski definition) is 5. The maximum atomic E-state index is 15.5. The largest absolute Gasteiger partial charge is 0.394 e. The molecule has 0 saturated carbocycles. The van der Waals surface area contributed by atoms with Gasteiger partial charge in [-0.2, -0.15) is 4.98 Å². The van der Waals surface area contributed by atoms with Crippen molar-refractivity contribution in [2.24, 2.45) is 0 Å². The van der Waals surface area contributed by atoms with E-state index in [0.29, 0.717) is 0 Å². The number of hydrogen-bond acceptors (Lipinski definition) is 13. The van der Waals surface area contributed by atoms with E-state index in [1.807, 2.05) is 0 Å². The molecule has 0 aromatic carbocycles. The zero-order chi connectivity index (χ0) is 27.1. The highest BCUT2D eigenvalue weighted by atomic mass is 32.7. The smallest absolute Gasteiger partial charge is 0.386 e. The molecule has 37 heavy (non-hydrogen) atoms. The number of alkyl halides is 1. The van der Waals surface area contributed by atoms with Crippen LogP contribution in [0.2, 0.25) is 0 Å². The highest BCUT2D eigenvalue weighted by Crippen LogP contribution is 2.56. The molecule has 4 rings (SSSR count). The number of imidazole rings is 1. The minimum absolute atomic E-state index is 0.0630. The summed E-state index contributed by atoms with van der Waals surface area (Å²) in [6, 6.07) is 0. The molecule has 4 N–H and O–H groups in total. The van der Waals surface area contributed by atoms with Crippen LogP contribution in [-0.2, 0) is 36.9 Å². The quantitative estimate of drug-likeness (QED) is 0.189. The first-order valence-electron chi connectivity index (χ1n) is 10.8. The van der Waals surface area contributed by atoms with Gasteiger partial charge in [-0.1, -0.05) is 24.5 Å². The third-order valence-corrected chi connectivity index (χ3v) is 8.28. The van der Waals surface area contributed by atoms with E-state index in [1.54, 1.807) is 6.92 Å². The Morgan fingerprint density at radius 2 is 2.08 bits per heavy atom. The summed E-state index contributed by atoms with van der Waals surface area (Å²) in [7, 11) is -1.56. The number of aromatic amines is 1. The van der Waals surface area contributed by atoms with Crippen LogP contribution in [0.1, 0.15) is 13.2 Å². The third-order valence-electron chi connectivity index (χ3n) is 5.88. The Morgan fingerprint density at radius 3 is 2.73 bits per heavy atom. The predicted molar refractivity (Wildman–Crippen MR) is 134 cm³/mol. The van der Waals surface area contributed by atoms with E-state index in [1.165, 1.54) is 7.11 Å². The second-order valence-corrected chi connectivity index (χ2v) is 13.0. The Morgan fingerprint density at radius 1 is 1.35 bits per heavy atom. The van der Waals surface area contributed by atoms with Gasteiger partial charge in [0.25, 0.3) is 5.56 Å². The van der Waals surface area contributed by atoms with Crippen LogP contribution in [0.15, 0.2) is 11.1 Å². The van der Waals surface area contributed by atoms with Gasteiger partial charge in [0.2, 0.25) is 13.2 Å². The summed E-state index contributed by atoms with van der Waals surface area (Å²) < 4.78 is 74.0. The van der Waals surface area contributed by atoms with E-state index < -0.39 is 81.8 Å².